The van der Waals surface area contributed by atoms with Crippen molar-refractivity contribution in [2.75, 3.05) is 13.7 Å². The van der Waals surface area contributed by atoms with Gasteiger partial charge in [0, 0.05) is 6.04 Å². The van der Waals surface area contributed by atoms with Gasteiger partial charge in [0.25, 0.3) is 0 Å². The minimum absolute atomic E-state index is 0.0537. The van der Waals surface area contributed by atoms with Crippen LogP contribution >= 0.6 is 0 Å². The Morgan fingerprint density at radius 1 is 1.05 bits per heavy atom. The van der Waals surface area contributed by atoms with E-state index in [-0.39, 0.29) is 6.04 Å². The first-order chi connectivity index (χ1) is 9.72. The predicted molar refractivity (Wildman–Crippen MR) is 81.2 cm³/mol. The van der Waals surface area contributed by atoms with Crippen molar-refractivity contribution in [3.63, 3.8) is 0 Å². The largest absolute Gasteiger partial charge is 0.497 e. The lowest BCUT2D eigenvalue weighted by Crippen LogP contribution is -2.13. The first kappa shape index (κ1) is 14.4. The molecule has 20 heavy (non-hydrogen) atoms. The van der Waals surface area contributed by atoms with Gasteiger partial charge < -0.3 is 15.2 Å². The molecule has 0 radical (unpaired) electrons. The molecule has 0 spiro atoms. The molecule has 0 saturated carbocycles. The zero-order valence-electron chi connectivity index (χ0n) is 12.0. The van der Waals surface area contributed by atoms with E-state index in [4.69, 9.17) is 15.2 Å². The molecule has 3 heteroatoms. The topological polar surface area (TPSA) is 44.5 Å². The highest BCUT2D eigenvalue weighted by Crippen LogP contribution is 2.22. The molecule has 2 rings (SSSR count). The highest BCUT2D eigenvalue weighted by atomic mass is 16.5. The average Bonchev–Trinajstić information content (AvgIpc) is 2.48. The molecule has 0 aromatic heterocycles. The van der Waals surface area contributed by atoms with E-state index >= 15 is 0 Å². The summed E-state index contributed by atoms with van der Waals surface area (Å²) in [5.74, 6) is 1.73. The Morgan fingerprint density at radius 3 is 2.55 bits per heavy atom. The van der Waals surface area contributed by atoms with Crippen molar-refractivity contribution in [1.82, 2.24) is 0 Å². The SMILES string of the molecule is CCOc1cccc(CC(N)c2cccc(OC)c2)c1. The van der Waals surface area contributed by atoms with E-state index in [1.54, 1.807) is 7.11 Å². The Kier molecular flexibility index (Phi) is 5.02. The van der Waals surface area contributed by atoms with Crippen molar-refractivity contribution in [3.05, 3.63) is 59.7 Å². The lowest BCUT2D eigenvalue weighted by atomic mass is 9.99. The van der Waals surface area contributed by atoms with Crippen molar-refractivity contribution in [2.45, 2.75) is 19.4 Å². The Hall–Kier alpha value is -2.00. The van der Waals surface area contributed by atoms with Gasteiger partial charge in [0.1, 0.15) is 11.5 Å². The summed E-state index contributed by atoms with van der Waals surface area (Å²) in [6.45, 7) is 2.65. The second-order valence-corrected chi connectivity index (χ2v) is 4.67. The summed E-state index contributed by atoms with van der Waals surface area (Å²) in [5, 5.41) is 0. The number of hydrogen-bond acceptors (Lipinski definition) is 3. The molecule has 0 aliphatic carbocycles. The first-order valence-electron chi connectivity index (χ1n) is 6.84. The number of benzene rings is 2. The molecule has 0 amide bonds. The van der Waals surface area contributed by atoms with Crippen LogP contribution in [-0.4, -0.2) is 13.7 Å². The third-order valence-corrected chi connectivity index (χ3v) is 3.19. The van der Waals surface area contributed by atoms with Crippen molar-refractivity contribution in [1.29, 1.82) is 0 Å². The van der Waals surface area contributed by atoms with E-state index in [1.165, 1.54) is 5.56 Å². The lowest BCUT2D eigenvalue weighted by molar-refractivity contribution is 0.340. The number of methoxy groups -OCH3 is 1. The molecule has 0 heterocycles. The fourth-order valence-electron chi connectivity index (χ4n) is 2.17. The van der Waals surface area contributed by atoms with Gasteiger partial charge in [-0.2, -0.15) is 0 Å². The molecule has 2 aromatic rings. The Bertz CT molecular complexity index is 554. The second-order valence-electron chi connectivity index (χ2n) is 4.67. The van der Waals surface area contributed by atoms with Gasteiger partial charge in [0.2, 0.25) is 0 Å². The molecule has 0 aliphatic heterocycles. The maximum atomic E-state index is 6.28. The maximum Gasteiger partial charge on any atom is 0.119 e. The fourth-order valence-corrected chi connectivity index (χ4v) is 2.17. The predicted octanol–water partition coefficient (Wildman–Crippen LogP) is 3.34. The van der Waals surface area contributed by atoms with E-state index < -0.39 is 0 Å². The van der Waals surface area contributed by atoms with Crippen LogP contribution in [0.1, 0.15) is 24.1 Å². The average molecular weight is 271 g/mol. The summed E-state index contributed by atoms with van der Waals surface area (Å²) < 4.78 is 10.7. The normalized spacial score (nSPS) is 11.9. The maximum absolute atomic E-state index is 6.28. The van der Waals surface area contributed by atoms with Crippen molar-refractivity contribution in [2.24, 2.45) is 5.73 Å². The van der Waals surface area contributed by atoms with Gasteiger partial charge in [0.05, 0.1) is 13.7 Å². The van der Waals surface area contributed by atoms with Crippen LogP contribution in [-0.2, 0) is 6.42 Å². The molecule has 1 atom stereocenters. The summed E-state index contributed by atoms with van der Waals surface area (Å²) in [5.41, 5.74) is 8.53. The van der Waals surface area contributed by atoms with Crippen LogP contribution in [0.3, 0.4) is 0 Å². The van der Waals surface area contributed by atoms with Gasteiger partial charge in [-0.15, -0.1) is 0 Å². The second kappa shape index (κ2) is 6.96. The standard InChI is InChI=1S/C17H21NO2/c1-3-20-16-9-4-6-13(10-16)11-17(18)14-7-5-8-15(12-14)19-2/h4-10,12,17H,3,11,18H2,1-2H3. The monoisotopic (exact) mass is 271 g/mol. The zero-order chi connectivity index (χ0) is 14.4. The van der Waals surface area contributed by atoms with E-state index in [1.807, 2.05) is 49.4 Å². The van der Waals surface area contributed by atoms with Crippen molar-refractivity contribution >= 4 is 0 Å². The molecule has 0 saturated heterocycles. The Morgan fingerprint density at radius 2 is 1.80 bits per heavy atom. The van der Waals surface area contributed by atoms with Crippen LogP contribution in [0, 0.1) is 0 Å². The smallest absolute Gasteiger partial charge is 0.119 e. The van der Waals surface area contributed by atoms with Gasteiger partial charge in [-0.05, 0) is 48.7 Å². The number of nitrogens with two attached hydrogens (primary N) is 1. The van der Waals surface area contributed by atoms with Crippen molar-refractivity contribution in [3.8, 4) is 11.5 Å². The van der Waals surface area contributed by atoms with Crippen LogP contribution in [0.15, 0.2) is 48.5 Å². The van der Waals surface area contributed by atoms with E-state index in [2.05, 4.69) is 6.07 Å². The van der Waals surface area contributed by atoms with Crippen LogP contribution < -0.4 is 15.2 Å². The van der Waals surface area contributed by atoms with E-state index in [0.29, 0.717) is 6.61 Å². The van der Waals surface area contributed by atoms with Gasteiger partial charge >= 0.3 is 0 Å². The van der Waals surface area contributed by atoms with Gasteiger partial charge in [-0.3, -0.25) is 0 Å². The molecule has 106 valence electrons. The quantitative estimate of drug-likeness (QED) is 0.876. The third-order valence-electron chi connectivity index (χ3n) is 3.19. The lowest BCUT2D eigenvalue weighted by Gasteiger charge is -2.14. The summed E-state index contributed by atoms with van der Waals surface area (Å²) in [6, 6.07) is 15.9. The first-order valence-corrected chi connectivity index (χ1v) is 6.84. The highest BCUT2D eigenvalue weighted by molar-refractivity contribution is 5.33. The van der Waals surface area contributed by atoms with Crippen LogP contribution in [0.25, 0.3) is 0 Å². The Labute approximate surface area is 120 Å². The third kappa shape index (κ3) is 3.75. The molecular weight excluding hydrogens is 250 g/mol. The molecular formula is C17H21NO2. The molecule has 0 bridgehead atoms. The number of rotatable bonds is 6. The summed E-state index contributed by atoms with van der Waals surface area (Å²) in [6.07, 6.45) is 0.772. The minimum Gasteiger partial charge on any atom is -0.497 e. The number of hydrogen-bond donors (Lipinski definition) is 1. The molecule has 2 N–H and O–H groups in total. The molecule has 3 nitrogen and oxygen atoms in total. The van der Waals surface area contributed by atoms with E-state index in [0.717, 1.165) is 23.5 Å². The molecule has 0 aliphatic rings. The van der Waals surface area contributed by atoms with Crippen LogP contribution in [0.2, 0.25) is 0 Å². The molecule has 2 aromatic carbocycles. The summed E-state index contributed by atoms with van der Waals surface area (Å²) in [7, 11) is 1.66. The van der Waals surface area contributed by atoms with E-state index in [9.17, 15) is 0 Å². The van der Waals surface area contributed by atoms with Crippen LogP contribution in [0.5, 0.6) is 11.5 Å². The Balaban J connectivity index is 2.10. The summed E-state index contributed by atoms with van der Waals surface area (Å²) in [4.78, 5) is 0. The fraction of sp³-hybridized carbons (Fsp3) is 0.294. The minimum atomic E-state index is -0.0537. The number of ether oxygens (including phenoxy) is 2. The highest BCUT2D eigenvalue weighted by Gasteiger charge is 2.08. The van der Waals surface area contributed by atoms with Gasteiger partial charge in [-0.1, -0.05) is 24.3 Å². The zero-order valence-corrected chi connectivity index (χ0v) is 12.0. The van der Waals surface area contributed by atoms with Crippen molar-refractivity contribution < 1.29 is 9.47 Å². The summed E-state index contributed by atoms with van der Waals surface area (Å²) >= 11 is 0. The van der Waals surface area contributed by atoms with Gasteiger partial charge in [0.15, 0.2) is 0 Å². The van der Waals surface area contributed by atoms with Gasteiger partial charge in [-0.25, -0.2) is 0 Å². The molecule has 0 fully saturated rings. The molecule has 1 unspecified atom stereocenters. The van der Waals surface area contributed by atoms with Crippen LogP contribution in [0.4, 0.5) is 0 Å².